The van der Waals surface area contributed by atoms with Gasteiger partial charge in [-0.25, -0.2) is 0 Å². The van der Waals surface area contributed by atoms with Gasteiger partial charge in [-0.05, 0) is 23.7 Å². The minimum absolute atomic E-state index is 0.0309. The summed E-state index contributed by atoms with van der Waals surface area (Å²) >= 11 is 10.8. The zero-order valence-electron chi connectivity index (χ0n) is 6.67. The Kier molecular flexibility index (Phi) is 3.01. The number of benzene rings is 1. The van der Waals surface area contributed by atoms with Gasteiger partial charge < -0.3 is 9.84 Å². The van der Waals surface area contributed by atoms with E-state index in [1.165, 1.54) is 19.2 Å². The van der Waals surface area contributed by atoms with E-state index in [9.17, 15) is 9.90 Å². The first-order valence-electron chi connectivity index (χ1n) is 3.32. The van der Waals surface area contributed by atoms with Crippen molar-refractivity contribution < 1.29 is 14.6 Å². The molecule has 0 fully saturated rings. The number of ether oxygens (including phenoxy) is 1. The maximum absolute atomic E-state index is 10.7. The molecule has 0 bridgehead atoms. The Bertz CT molecular complexity index is 349. The summed E-state index contributed by atoms with van der Waals surface area (Å²) in [5.74, 6) is -0.0812. The van der Waals surface area contributed by atoms with E-state index in [4.69, 9.17) is 27.9 Å². The Morgan fingerprint density at radius 1 is 1.54 bits per heavy atom. The molecule has 0 radical (unpaired) electrons. The highest BCUT2D eigenvalue weighted by Gasteiger charge is 2.11. The minimum Gasteiger partial charge on any atom is -0.503 e. The van der Waals surface area contributed by atoms with E-state index >= 15 is 0 Å². The van der Waals surface area contributed by atoms with Crippen LogP contribution in [0.2, 0.25) is 5.02 Å². The van der Waals surface area contributed by atoms with Crippen LogP contribution in [-0.2, 0) is 0 Å². The standard InChI is InChI=1S/C8H6Cl2O3/c1-13-6-3-4(8(10)12)2-5(9)7(6)11/h2-3,11H,1H3. The fourth-order valence-corrected chi connectivity index (χ4v) is 1.16. The lowest BCUT2D eigenvalue weighted by molar-refractivity contribution is 0.108. The van der Waals surface area contributed by atoms with Crippen LogP contribution < -0.4 is 4.74 Å². The summed E-state index contributed by atoms with van der Waals surface area (Å²) in [5.41, 5.74) is 0.182. The average molecular weight is 221 g/mol. The molecule has 1 N–H and O–H groups in total. The van der Waals surface area contributed by atoms with Gasteiger partial charge in [-0.2, -0.15) is 0 Å². The minimum atomic E-state index is -0.653. The Hall–Kier alpha value is -0.930. The molecule has 0 atom stereocenters. The van der Waals surface area contributed by atoms with Crippen LogP contribution in [0.1, 0.15) is 10.4 Å². The molecule has 0 spiro atoms. The van der Waals surface area contributed by atoms with Gasteiger partial charge in [0.15, 0.2) is 11.5 Å². The normalized spacial score (nSPS) is 9.77. The second-order valence-electron chi connectivity index (χ2n) is 2.28. The second kappa shape index (κ2) is 3.85. The Morgan fingerprint density at radius 3 is 2.62 bits per heavy atom. The van der Waals surface area contributed by atoms with Gasteiger partial charge in [-0.1, -0.05) is 11.6 Å². The number of methoxy groups -OCH3 is 1. The lowest BCUT2D eigenvalue weighted by Crippen LogP contribution is -1.92. The molecule has 1 aromatic rings. The third-order valence-corrected chi connectivity index (χ3v) is 1.98. The van der Waals surface area contributed by atoms with Crippen LogP contribution >= 0.6 is 23.2 Å². The predicted molar refractivity (Wildman–Crippen MR) is 49.9 cm³/mol. The van der Waals surface area contributed by atoms with Crippen LogP contribution in [0.25, 0.3) is 0 Å². The van der Waals surface area contributed by atoms with Crippen molar-refractivity contribution in [3.63, 3.8) is 0 Å². The van der Waals surface area contributed by atoms with E-state index in [-0.39, 0.29) is 22.1 Å². The molecule has 5 heteroatoms. The molecule has 0 aromatic heterocycles. The average Bonchev–Trinajstić information content (AvgIpc) is 2.09. The molecular weight excluding hydrogens is 215 g/mol. The lowest BCUT2D eigenvalue weighted by Gasteiger charge is -2.05. The van der Waals surface area contributed by atoms with E-state index < -0.39 is 5.24 Å². The van der Waals surface area contributed by atoms with Crippen molar-refractivity contribution in [2.45, 2.75) is 0 Å². The molecule has 0 amide bonds. The third kappa shape index (κ3) is 2.05. The predicted octanol–water partition coefficient (Wildman–Crippen LogP) is 2.43. The quantitative estimate of drug-likeness (QED) is 0.780. The summed E-state index contributed by atoms with van der Waals surface area (Å²) in [6.45, 7) is 0. The van der Waals surface area contributed by atoms with E-state index in [0.717, 1.165) is 0 Å². The fraction of sp³-hybridized carbons (Fsp3) is 0.125. The largest absolute Gasteiger partial charge is 0.503 e. The van der Waals surface area contributed by atoms with E-state index in [1.54, 1.807) is 0 Å². The van der Waals surface area contributed by atoms with Gasteiger partial charge in [-0.15, -0.1) is 0 Å². The first-order valence-corrected chi connectivity index (χ1v) is 4.08. The first kappa shape index (κ1) is 10.2. The first-order chi connectivity index (χ1) is 6.06. The van der Waals surface area contributed by atoms with E-state index in [2.05, 4.69) is 0 Å². The van der Waals surface area contributed by atoms with Crippen molar-refractivity contribution in [2.24, 2.45) is 0 Å². The van der Waals surface area contributed by atoms with Crippen LogP contribution in [0, 0.1) is 0 Å². The van der Waals surface area contributed by atoms with Crippen molar-refractivity contribution in [2.75, 3.05) is 7.11 Å². The molecule has 0 aliphatic rings. The molecule has 0 heterocycles. The van der Waals surface area contributed by atoms with Gasteiger partial charge in [0.05, 0.1) is 12.1 Å². The third-order valence-electron chi connectivity index (χ3n) is 1.48. The Labute approximate surface area is 84.8 Å². The van der Waals surface area contributed by atoms with Gasteiger partial charge in [-0.3, -0.25) is 4.79 Å². The number of hydrogen-bond acceptors (Lipinski definition) is 3. The maximum atomic E-state index is 10.7. The number of aromatic hydroxyl groups is 1. The number of phenolic OH excluding ortho intramolecular Hbond substituents is 1. The zero-order valence-corrected chi connectivity index (χ0v) is 8.19. The van der Waals surface area contributed by atoms with Crippen molar-refractivity contribution >= 4 is 28.4 Å². The molecule has 1 rings (SSSR count). The molecule has 0 saturated heterocycles. The summed E-state index contributed by atoms with van der Waals surface area (Å²) in [4.78, 5) is 10.7. The Balaban J connectivity index is 3.30. The topological polar surface area (TPSA) is 46.5 Å². The van der Waals surface area contributed by atoms with Gasteiger partial charge in [0.1, 0.15) is 0 Å². The second-order valence-corrected chi connectivity index (χ2v) is 3.03. The smallest absolute Gasteiger partial charge is 0.252 e. The molecule has 3 nitrogen and oxygen atoms in total. The summed E-state index contributed by atoms with van der Waals surface area (Å²) in [6, 6.07) is 2.59. The summed E-state index contributed by atoms with van der Waals surface area (Å²) in [7, 11) is 1.36. The monoisotopic (exact) mass is 220 g/mol. The van der Waals surface area contributed by atoms with Crippen LogP contribution in [-0.4, -0.2) is 17.5 Å². The van der Waals surface area contributed by atoms with Crippen LogP contribution in [0.5, 0.6) is 11.5 Å². The summed E-state index contributed by atoms with van der Waals surface area (Å²) in [6.07, 6.45) is 0. The zero-order chi connectivity index (χ0) is 10.0. The Morgan fingerprint density at radius 2 is 2.15 bits per heavy atom. The van der Waals surface area contributed by atoms with Crippen molar-refractivity contribution in [1.29, 1.82) is 0 Å². The van der Waals surface area contributed by atoms with Gasteiger partial charge in [0.2, 0.25) is 0 Å². The number of hydrogen-bond donors (Lipinski definition) is 1. The van der Waals surface area contributed by atoms with Gasteiger partial charge in [0, 0.05) is 5.56 Å². The summed E-state index contributed by atoms with van der Waals surface area (Å²) < 4.78 is 4.77. The highest BCUT2D eigenvalue weighted by molar-refractivity contribution is 6.67. The molecule has 0 aliphatic carbocycles. The van der Waals surface area contributed by atoms with Crippen LogP contribution in [0.3, 0.4) is 0 Å². The number of carbonyl (C=O) groups excluding carboxylic acids is 1. The molecule has 70 valence electrons. The van der Waals surface area contributed by atoms with E-state index in [1.807, 2.05) is 0 Å². The number of phenols is 1. The molecule has 1 aromatic carbocycles. The number of carbonyl (C=O) groups is 1. The number of halogens is 2. The van der Waals surface area contributed by atoms with Crippen molar-refractivity contribution in [3.8, 4) is 11.5 Å². The molecule has 13 heavy (non-hydrogen) atoms. The van der Waals surface area contributed by atoms with Gasteiger partial charge >= 0.3 is 0 Å². The highest BCUT2D eigenvalue weighted by atomic mass is 35.5. The van der Waals surface area contributed by atoms with E-state index in [0.29, 0.717) is 0 Å². The highest BCUT2D eigenvalue weighted by Crippen LogP contribution is 2.35. The van der Waals surface area contributed by atoms with Gasteiger partial charge in [0.25, 0.3) is 5.24 Å². The maximum Gasteiger partial charge on any atom is 0.252 e. The molecule has 0 aliphatic heterocycles. The number of rotatable bonds is 2. The van der Waals surface area contributed by atoms with Crippen LogP contribution in [0.15, 0.2) is 12.1 Å². The van der Waals surface area contributed by atoms with Crippen molar-refractivity contribution in [3.05, 3.63) is 22.7 Å². The molecule has 0 saturated carbocycles. The lowest BCUT2D eigenvalue weighted by atomic mass is 10.2. The molecule has 0 unspecified atom stereocenters. The van der Waals surface area contributed by atoms with Crippen molar-refractivity contribution in [1.82, 2.24) is 0 Å². The molecular formula is C8H6Cl2O3. The fourth-order valence-electron chi connectivity index (χ4n) is 0.843. The van der Waals surface area contributed by atoms with Crippen LogP contribution in [0.4, 0.5) is 0 Å². The summed E-state index contributed by atoms with van der Waals surface area (Å²) in [5, 5.41) is 8.67. The SMILES string of the molecule is COc1cc(C(=O)Cl)cc(Cl)c1O.